The van der Waals surface area contributed by atoms with Crippen LogP contribution in [0.25, 0.3) is 11.0 Å². The van der Waals surface area contributed by atoms with Crippen LogP contribution in [0.1, 0.15) is 31.6 Å². The third-order valence-electron chi connectivity index (χ3n) is 4.13. The minimum Gasteiger partial charge on any atom is -0.497 e. The molecule has 5 heteroatoms. The number of hydrogen-bond acceptors (Lipinski definition) is 4. The third-order valence-corrected chi connectivity index (χ3v) is 4.13. The summed E-state index contributed by atoms with van der Waals surface area (Å²) in [5, 5.41) is 4.00. The van der Waals surface area contributed by atoms with Crippen LogP contribution in [-0.2, 0) is 4.79 Å². The van der Waals surface area contributed by atoms with E-state index in [0.717, 1.165) is 28.2 Å². The molecule has 0 radical (unpaired) electrons. The zero-order valence-electron chi connectivity index (χ0n) is 15.0. The van der Waals surface area contributed by atoms with Gasteiger partial charge in [0.1, 0.15) is 22.8 Å². The first-order valence-corrected chi connectivity index (χ1v) is 8.70. The Hall–Kier alpha value is -2.95. The molecule has 0 bridgehead atoms. The maximum absolute atomic E-state index is 12.1. The van der Waals surface area contributed by atoms with Crippen molar-refractivity contribution in [2.24, 2.45) is 0 Å². The molecular weight excluding hydrogens is 330 g/mol. The van der Waals surface area contributed by atoms with Gasteiger partial charge >= 0.3 is 0 Å². The smallest absolute Gasteiger partial charge is 0.220 e. The molecule has 3 rings (SSSR count). The number of rotatable bonds is 8. The SMILES string of the molecule is COc1ccc(OCCCC(=O)N[C@H](C)c2cc3ccccc3o2)cc1. The molecular formula is C21H23NO4. The Morgan fingerprint density at radius 2 is 1.85 bits per heavy atom. The molecule has 1 N–H and O–H groups in total. The van der Waals surface area contributed by atoms with Crippen LogP contribution in [0.5, 0.6) is 11.5 Å². The van der Waals surface area contributed by atoms with E-state index in [1.807, 2.05) is 61.5 Å². The summed E-state index contributed by atoms with van der Waals surface area (Å²) in [5.74, 6) is 2.29. The second-order valence-electron chi connectivity index (χ2n) is 6.10. The number of amides is 1. The second-order valence-corrected chi connectivity index (χ2v) is 6.10. The van der Waals surface area contributed by atoms with Gasteiger partial charge < -0.3 is 19.2 Å². The molecule has 0 aliphatic carbocycles. The van der Waals surface area contributed by atoms with Crippen LogP contribution in [0.4, 0.5) is 0 Å². The van der Waals surface area contributed by atoms with Gasteiger partial charge in [-0.3, -0.25) is 4.79 Å². The topological polar surface area (TPSA) is 60.7 Å². The summed E-state index contributed by atoms with van der Waals surface area (Å²) >= 11 is 0. The number of carbonyl (C=O) groups is 1. The highest BCUT2D eigenvalue weighted by atomic mass is 16.5. The van der Waals surface area contributed by atoms with Gasteiger partial charge in [0, 0.05) is 11.8 Å². The molecule has 0 aliphatic heterocycles. The van der Waals surface area contributed by atoms with Crippen LogP contribution < -0.4 is 14.8 Å². The van der Waals surface area contributed by atoms with E-state index in [1.54, 1.807) is 7.11 Å². The van der Waals surface area contributed by atoms with Crippen LogP contribution >= 0.6 is 0 Å². The average Bonchev–Trinajstić information content (AvgIpc) is 3.10. The largest absolute Gasteiger partial charge is 0.497 e. The molecule has 1 atom stereocenters. The summed E-state index contributed by atoms with van der Waals surface area (Å²) in [7, 11) is 1.63. The first kappa shape index (κ1) is 17.9. The fourth-order valence-corrected chi connectivity index (χ4v) is 2.70. The number of hydrogen-bond donors (Lipinski definition) is 1. The van der Waals surface area contributed by atoms with Crippen LogP contribution in [0.3, 0.4) is 0 Å². The van der Waals surface area contributed by atoms with Crippen LogP contribution in [0.2, 0.25) is 0 Å². The molecule has 1 amide bonds. The van der Waals surface area contributed by atoms with Crippen molar-refractivity contribution in [2.75, 3.05) is 13.7 Å². The Kier molecular flexibility index (Phi) is 5.79. The molecule has 1 heterocycles. The highest BCUT2D eigenvalue weighted by Crippen LogP contribution is 2.23. The summed E-state index contributed by atoms with van der Waals surface area (Å²) in [6.45, 7) is 2.40. The molecule has 5 nitrogen and oxygen atoms in total. The van der Waals surface area contributed by atoms with Crippen LogP contribution in [0, 0.1) is 0 Å². The van der Waals surface area contributed by atoms with E-state index < -0.39 is 0 Å². The van der Waals surface area contributed by atoms with Crippen molar-refractivity contribution < 1.29 is 18.7 Å². The zero-order chi connectivity index (χ0) is 18.4. The van der Waals surface area contributed by atoms with Crippen molar-refractivity contribution in [3.63, 3.8) is 0 Å². The van der Waals surface area contributed by atoms with Crippen molar-refractivity contribution >= 4 is 16.9 Å². The fourth-order valence-electron chi connectivity index (χ4n) is 2.70. The summed E-state index contributed by atoms with van der Waals surface area (Å²) in [6, 6.07) is 17.0. The van der Waals surface area contributed by atoms with Crippen molar-refractivity contribution in [1.82, 2.24) is 5.32 Å². The third kappa shape index (κ3) is 4.57. The van der Waals surface area contributed by atoms with Crippen molar-refractivity contribution in [3.05, 3.63) is 60.4 Å². The normalized spacial score (nSPS) is 11.9. The first-order chi connectivity index (χ1) is 12.7. The Bertz CT molecular complexity index is 821. The van der Waals surface area contributed by atoms with E-state index in [0.29, 0.717) is 19.4 Å². The van der Waals surface area contributed by atoms with Crippen molar-refractivity contribution in [3.8, 4) is 11.5 Å². The van der Waals surface area contributed by atoms with E-state index in [1.165, 1.54) is 0 Å². The number of carbonyl (C=O) groups excluding carboxylic acids is 1. The second kappa shape index (κ2) is 8.43. The molecule has 0 unspecified atom stereocenters. The van der Waals surface area contributed by atoms with E-state index in [4.69, 9.17) is 13.9 Å². The number of methoxy groups -OCH3 is 1. The number of furan rings is 1. The Morgan fingerprint density at radius 1 is 1.12 bits per heavy atom. The molecule has 0 aliphatic rings. The van der Waals surface area contributed by atoms with Gasteiger partial charge in [-0.25, -0.2) is 0 Å². The summed E-state index contributed by atoms with van der Waals surface area (Å²) < 4.78 is 16.5. The molecule has 0 saturated heterocycles. The van der Waals surface area contributed by atoms with E-state index >= 15 is 0 Å². The van der Waals surface area contributed by atoms with Crippen LogP contribution in [0.15, 0.2) is 59.0 Å². The van der Waals surface area contributed by atoms with Gasteiger partial charge in [-0.05, 0) is 49.7 Å². The minimum absolute atomic E-state index is 0.0173. The minimum atomic E-state index is -0.169. The Labute approximate surface area is 152 Å². The number of para-hydroxylation sites is 1. The van der Waals surface area contributed by atoms with Gasteiger partial charge in [0.05, 0.1) is 19.8 Å². The van der Waals surface area contributed by atoms with E-state index in [-0.39, 0.29) is 11.9 Å². The number of fused-ring (bicyclic) bond motifs is 1. The maximum atomic E-state index is 12.1. The van der Waals surface area contributed by atoms with Gasteiger partial charge in [0.25, 0.3) is 0 Å². The highest BCUT2D eigenvalue weighted by molar-refractivity contribution is 5.79. The highest BCUT2D eigenvalue weighted by Gasteiger charge is 2.14. The monoisotopic (exact) mass is 353 g/mol. The van der Waals surface area contributed by atoms with Gasteiger partial charge in [-0.2, -0.15) is 0 Å². The molecule has 0 fully saturated rings. The van der Waals surface area contributed by atoms with Crippen molar-refractivity contribution in [1.29, 1.82) is 0 Å². The zero-order valence-corrected chi connectivity index (χ0v) is 15.0. The molecule has 0 spiro atoms. The standard InChI is InChI=1S/C21H23NO4/c1-15(20-14-16-6-3-4-7-19(16)26-20)22-21(23)8-5-13-25-18-11-9-17(24-2)10-12-18/h3-4,6-7,9-12,14-15H,5,8,13H2,1-2H3,(H,22,23)/t15-/m1/s1. The van der Waals surface area contributed by atoms with Crippen molar-refractivity contribution in [2.45, 2.75) is 25.8 Å². The predicted molar refractivity (Wildman–Crippen MR) is 100 cm³/mol. The lowest BCUT2D eigenvalue weighted by Crippen LogP contribution is -2.26. The van der Waals surface area contributed by atoms with E-state index in [2.05, 4.69) is 5.32 Å². The van der Waals surface area contributed by atoms with Gasteiger partial charge in [0.2, 0.25) is 5.91 Å². The number of ether oxygens (including phenoxy) is 2. The van der Waals surface area contributed by atoms with Crippen LogP contribution in [-0.4, -0.2) is 19.6 Å². The number of benzene rings is 2. The molecule has 136 valence electrons. The summed E-state index contributed by atoms with van der Waals surface area (Å²) in [6.07, 6.45) is 1.05. The maximum Gasteiger partial charge on any atom is 0.220 e. The number of nitrogens with one attached hydrogen (secondary N) is 1. The summed E-state index contributed by atoms with van der Waals surface area (Å²) in [4.78, 5) is 12.1. The average molecular weight is 353 g/mol. The first-order valence-electron chi connectivity index (χ1n) is 8.70. The Balaban J connectivity index is 1.41. The quantitative estimate of drug-likeness (QED) is 0.607. The summed E-state index contributed by atoms with van der Waals surface area (Å²) in [5.41, 5.74) is 0.830. The van der Waals surface area contributed by atoms with Gasteiger partial charge in [0.15, 0.2) is 0 Å². The molecule has 2 aromatic carbocycles. The molecule has 0 saturated carbocycles. The fraction of sp³-hybridized carbons (Fsp3) is 0.286. The Morgan fingerprint density at radius 3 is 2.58 bits per heavy atom. The lowest BCUT2D eigenvalue weighted by atomic mass is 10.2. The van der Waals surface area contributed by atoms with Gasteiger partial charge in [-0.1, -0.05) is 18.2 Å². The van der Waals surface area contributed by atoms with Gasteiger partial charge in [-0.15, -0.1) is 0 Å². The lowest BCUT2D eigenvalue weighted by Gasteiger charge is -2.11. The molecule has 1 aromatic heterocycles. The molecule has 3 aromatic rings. The predicted octanol–water partition coefficient (Wildman–Crippen LogP) is 4.48. The molecule has 26 heavy (non-hydrogen) atoms. The lowest BCUT2D eigenvalue weighted by molar-refractivity contribution is -0.122. The van der Waals surface area contributed by atoms with E-state index in [9.17, 15) is 4.79 Å².